The smallest absolute Gasteiger partial charge is 0.340 e. The molecule has 2 aromatic rings. The molecule has 0 aromatic heterocycles. The normalized spacial score (nSPS) is 10.0. The van der Waals surface area contributed by atoms with Gasteiger partial charge >= 0.3 is 5.97 Å². The van der Waals surface area contributed by atoms with Crippen molar-refractivity contribution in [2.45, 2.75) is 0 Å². The van der Waals surface area contributed by atoms with Gasteiger partial charge in [-0.2, -0.15) is 0 Å². The van der Waals surface area contributed by atoms with Gasteiger partial charge in [-0.25, -0.2) is 4.79 Å². The van der Waals surface area contributed by atoms with Crippen LogP contribution in [0.25, 0.3) is 0 Å². The Balaban J connectivity index is 1.89. The van der Waals surface area contributed by atoms with E-state index >= 15 is 0 Å². The van der Waals surface area contributed by atoms with Crippen molar-refractivity contribution in [1.82, 2.24) is 5.32 Å². The van der Waals surface area contributed by atoms with Gasteiger partial charge in [0.25, 0.3) is 11.8 Å². The fraction of sp³-hybridized carbons (Fsp3) is 0.118. The number of amides is 2. The first-order chi connectivity index (χ1) is 11.9. The maximum absolute atomic E-state index is 11.9. The molecule has 0 fully saturated rings. The fourth-order valence-corrected chi connectivity index (χ4v) is 2.33. The molecular formula is C17H13Cl2NO5. The molecule has 130 valence electrons. The fourth-order valence-electron chi connectivity index (χ4n) is 1.84. The van der Waals surface area contributed by atoms with Gasteiger partial charge in [-0.15, -0.1) is 0 Å². The van der Waals surface area contributed by atoms with E-state index in [4.69, 9.17) is 32.7 Å². The molecule has 2 aromatic carbocycles. The largest absolute Gasteiger partial charge is 0.497 e. The van der Waals surface area contributed by atoms with Gasteiger partial charge in [0.15, 0.2) is 6.61 Å². The minimum Gasteiger partial charge on any atom is -0.497 e. The van der Waals surface area contributed by atoms with Crippen molar-refractivity contribution in [3.8, 4) is 5.75 Å². The SMILES string of the molecule is COc1ccc(C(=O)NC(=O)COC(=O)c2ccc(Cl)cc2Cl)cc1. The number of ether oxygens (including phenoxy) is 2. The number of esters is 1. The number of methoxy groups -OCH3 is 1. The number of halogens is 2. The van der Waals surface area contributed by atoms with Gasteiger partial charge in [0.2, 0.25) is 0 Å². The predicted molar refractivity (Wildman–Crippen MR) is 92.2 cm³/mol. The Labute approximate surface area is 153 Å². The zero-order valence-electron chi connectivity index (χ0n) is 13.0. The van der Waals surface area contributed by atoms with Crippen LogP contribution in [0.1, 0.15) is 20.7 Å². The maximum Gasteiger partial charge on any atom is 0.340 e. The molecule has 0 aliphatic rings. The number of hydrogen-bond acceptors (Lipinski definition) is 5. The molecule has 1 N–H and O–H groups in total. The standard InChI is InChI=1S/C17H13Cl2NO5/c1-24-12-5-2-10(3-6-12)16(22)20-15(21)9-25-17(23)13-7-4-11(18)8-14(13)19/h2-8H,9H2,1H3,(H,20,21,22). The summed E-state index contributed by atoms with van der Waals surface area (Å²) < 4.78 is 9.81. The van der Waals surface area contributed by atoms with Crippen LogP contribution in [0.3, 0.4) is 0 Å². The Hall–Kier alpha value is -2.57. The summed E-state index contributed by atoms with van der Waals surface area (Å²) in [6.07, 6.45) is 0. The molecule has 0 aliphatic carbocycles. The highest BCUT2D eigenvalue weighted by Crippen LogP contribution is 2.21. The van der Waals surface area contributed by atoms with E-state index in [-0.39, 0.29) is 16.1 Å². The second kappa shape index (κ2) is 8.50. The molecule has 0 saturated carbocycles. The third-order valence-corrected chi connectivity index (χ3v) is 3.64. The van der Waals surface area contributed by atoms with Crippen LogP contribution in [0, 0.1) is 0 Å². The van der Waals surface area contributed by atoms with Crippen molar-refractivity contribution in [2.75, 3.05) is 13.7 Å². The Kier molecular flexibility index (Phi) is 6.38. The van der Waals surface area contributed by atoms with Gasteiger partial charge in [0.1, 0.15) is 5.75 Å². The lowest BCUT2D eigenvalue weighted by atomic mass is 10.2. The summed E-state index contributed by atoms with van der Waals surface area (Å²) in [5, 5.41) is 2.58. The second-order valence-electron chi connectivity index (χ2n) is 4.81. The molecule has 0 bridgehead atoms. The Morgan fingerprint density at radius 3 is 2.32 bits per heavy atom. The van der Waals surface area contributed by atoms with Gasteiger partial charge in [-0.3, -0.25) is 14.9 Å². The molecule has 2 amide bonds. The van der Waals surface area contributed by atoms with E-state index in [2.05, 4.69) is 5.32 Å². The molecule has 25 heavy (non-hydrogen) atoms. The lowest BCUT2D eigenvalue weighted by Gasteiger charge is -2.07. The maximum atomic E-state index is 11.9. The molecule has 2 rings (SSSR count). The van der Waals surface area contributed by atoms with Gasteiger partial charge in [-0.05, 0) is 42.5 Å². The topological polar surface area (TPSA) is 81.7 Å². The highest BCUT2D eigenvalue weighted by Gasteiger charge is 2.16. The van der Waals surface area contributed by atoms with Crippen LogP contribution in [0.15, 0.2) is 42.5 Å². The number of rotatable bonds is 5. The Morgan fingerprint density at radius 1 is 1.04 bits per heavy atom. The highest BCUT2D eigenvalue weighted by molar-refractivity contribution is 6.36. The molecule has 0 heterocycles. The van der Waals surface area contributed by atoms with Crippen molar-refractivity contribution < 1.29 is 23.9 Å². The number of carbonyl (C=O) groups excluding carboxylic acids is 3. The van der Waals surface area contributed by atoms with Crippen molar-refractivity contribution in [1.29, 1.82) is 0 Å². The molecule has 0 radical (unpaired) electrons. The summed E-state index contributed by atoms with van der Waals surface area (Å²) in [7, 11) is 1.50. The molecule has 0 aliphatic heterocycles. The summed E-state index contributed by atoms with van der Waals surface area (Å²) >= 11 is 11.6. The lowest BCUT2D eigenvalue weighted by Crippen LogP contribution is -2.34. The minimum absolute atomic E-state index is 0.0698. The third-order valence-electron chi connectivity index (χ3n) is 3.09. The molecule has 8 heteroatoms. The average Bonchev–Trinajstić information content (AvgIpc) is 2.59. The van der Waals surface area contributed by atoms with Crippen LogP contribution in [0.2, 0.25) is 10.0 Å². The number of nitrogens with one attached hydrogen (secondary N) is 1. The van der Waals surface area contributed by atoms with Crippen LogP contribution in [-0.2, 0) is 9.53 Å². The van der Waals surface area contributed by atoms with E-state index < -0.39 is 24.4 Å². The van der Waals surface area contributed by atoms with E-state index in [9.17, 15) is 14.4 Å². The van der Waals surface area contributed by atoms with Crippen LogP contribution < -0.4 is 10.1 Å². The van der Waals surface area contributed by atoms with Crippen molar-refractivity contribution >= 4 is 41.0 Å². The first-order valence-electron chi connectivity index (χ1n) is 7.01. The van der Waals surface area contributed by atoms with Gasteiger partial charge in [-0.1, -0.05) is 23.2 Å². The summed E-state index contributed by atoms with van der Waals surface area (Å²) in [5.74, 6) is -1.60. The van der Waals surface area contributed by atoms with E-state index in [0.29, 0.717) is 10.8 Å². The van der Waals surface area contributed by atoms with Crippen LogP contribution in [-0.4, -0.2) is 31.5 Å². The van der Waals surface area contributed by atoms with E-state index in [1.807, 2.05) is 0 Å². The van der Waals surface area contributed by atoms with E-state index in [1.165, 1.54) is 37.4 Å². The van der Waals surface area contributed by atoms with E-state index in [0.717, 1.165) is 0 Å². The first-order valence-corrected chi connectivity index (χ1v) is 7.76. The quantitative estimate of drug-likeness (QED) is 0.804. The van der Waals surface area contributed by atoms with Crippen LogP contribution in [0.5, 0.6) is 5.75 Å². The minimum atomic E-state index is -0.797. The summed E-state index contributed by atoms with van der Waals surface area (Å²) in [6, 6.07) is 10.4. The Bertz CT molecular complexity index is 805. The molecule has 0 saturated heterocycles. The van der Waals surface area contributed by atoms with E-state index in [1.54, 1.807) is 12.1 Å². The monoisotopic (exact) mass is 381 g/mol. The summed E-state index contributed by atoms with van der Waals surface area (Å²) in [6.45, 7) is -0.625. The highest BCUT2D eigenvalue weighted by atomic mass is 35.5. The average molecular weight is 382 g/mol. The van der Waals surface area contributed by atoms with Crippen LogP contribution >= 0.6 is 23.2 Å². The van der Waals surface area contributed by atoms with Crippen molar-refractivity contribution in [3.63, 3.8) is 0 Å². The molecule has 0 atom stereocenters. The second-order valence-corrected chi connectivity index (χ2v) is 5.65. The summed E-state index contributed by atoms with van der Waals surface area (Å²) in [4.78, 5) is 35.5. The van der Waals surface area contributed by atoms with Crippen molar-refractivity contribution in [3.05, 3.63) is 63.6 Å². The molecule has 0 spiro atoms. The van der Waals surface area contributed by atoms with Crippen molar-refractivity contribution in [2.24, 2.45) is 0 Å². The number of benzene rings is 2. The molecule has 0 unspecified atom stereocenters. The number of imide groups is 1. The van der Waals surface area contributed by atoms with Crippen LogP contribution in [0.4, 0.5) is 0 Å². The number of hydrogen-bond donors (Lipinski definition) is 1. The zero-order chi connectivity index (χ0) is 18.4. The lowest BCUT2D eigenvalue weighted by molar-refractivity contribution is -0.123. The number of carbonyl (C=O) groups is 3. The summed E-state index contributed by atoms with van der Waals surface area (Å²) in [5.41, 5.74) is 0.335. The Morgan fingerprint density at radius 2 is 1.72 bits per heavy atom. The zero-order valence-corrected chi connectivity index (χ0v) is 14.6. The third kappa shape index (κ3) is 5.20. The van der Waals surface area contributed by atoms with Gasteiger partial charge in [0.05, 0.1) is 17.7 Å². The predicted octanol–water partition coefficient (Wildman–Crippen LogP) is 3.12. The molecular weight excluding hydrogens is 369 g/mol. The molecule has 6 nitrogen and oxygen atoms in total. The first kappa shape index (κ1) is 18.8. The van der Waals surface area contributed by atoms with Gasteiger partial charge in [0, 0.05) is 10.6 Å². The van der Waals surface area contributed by atoms with Gasteiger partial charge < -0.3 is 9.47 Å².